The normalized spacial score (nSPS) is 24.9. The Kier molecular flexibility index (Phi) is 3.07. The van der Waals surface area contributed by atoms with Gasteiger partial charge in [0.05, 0.1) is 5.56 Å². The molecule has 82 valence electrons. The van der Waals surface area contributed by atoms with E-state index in [2.05, 4.69) is 12.2 Å². The number of thiophene rings is 1. The third kappa shape index (κ3) is 2.58. The van der Waals surface area contributed by atoms with E-state index in [0.29, 0.717) is 11.6 Å². The molecule has 3 nitrogen and oxygen atoms in total. The van der Waals surface area contributed by atoms with Gasteiger partial charge >= 0.3 is 0 Å². The summed E-state index contributed by atoms with van der Waals surface area (Å²) in [5, 5.41) is 5.30. The third-order valence-electron chi connectivity index (χ3n) is 2.88. The number of nitrogens with one attached hydrogen (secondary N) is 1. The first-order valence-corrected chi connectivity index (χ1v) is 6.13. The minimum Gasteiger partial charge on any atom is -0.366 e. The first-order valence-electron chi connectivity index (χ1n) is 5.25. The van der Waals surface area contributed by atoms with Crippen LogP contribution in [0.2, 0.25) is 0 Å². The van der Waals surface area contributed by atoms with Crippen molar-refractivity contribution in [3.05, 3.63) is 21.9 Å². The van der Waals surface area contributed by atoms with Gasteiger partial charge < -0.3 is 11.1 Å². The highest BCUT2D eigenvalue weighted by Crippen LogP contribution is 2.26. The Morgan fingerprint density at radius 1 is 1.67 bits per heavy atom. The van der Waals surface area contributed by atoms with Gasteiger partial charge in [0.1, 0.15) is 0 Å². The van der Waals surface area contributed by atoms with Crippen LogP contribution in [0.5, 0.6) is 0 Å². The van der Waals surface area contributed by atoms with Crippen LogP contribution in [0.25, 0.3) is 0 Å². The molecular weight excluding hydrogens is 208 g/mol. The molecule has 0 unspecified atom stereocenters. The van der Waals surface area contributed by atoms with Crippen molar-refractivity contribution >= 4 is 17.2 Å². The first kappa shape index (κ1) is 10.6. The highest BCUT2D eigenvalue weighted by Gasteiger charge is 2.24. The summed E-state index contributed by atoms with van der Waals surface area (Å²) in [6, 6.07) is 2.54. The smallest absolute Gasteiger partial charge is 0.249 e. The van der Waals surface area contributed by atoms with E-state index in [1.807, 2.05) is 11.4 Å². The molecule has 1 fully saturated rings. The fraction of sp³-hybridized carbons (Fsp3) is 0.545. The fourth-order valence-electron chi connectivity index (χ4n) is 1.92. The van der Waals surface area contributed by atoms with Gasteiger partial charge in [0.25, 0.3) is 0 Å². The fourth-order valence-corrected chi connectivity index (χ4v) is 2.74. The summed E-state index contributed by atoms with van der Waals surface area (Å²) in [4.78, 5) is 12.1. The molecule has 1 aliphatic rings. The van der Waals surface area contributed by atoms with Crippen molar-refractivity contribution in [1.82, 2.24) is 5.32 Å². The topological polar surface area (TPSA) is 55.1 Å². The van der Waals surface area contributed by atoms with Gasteiger partial charge in [-0.05, 0) is 24.8 Å². The molecule has 0 saturated heterocycles. The minimum absolute atomic E-state index is 0.338. The van der Waals surface area contributed by atoms with Crippen LogP contribution in [-0.2, 0) is 6.54 Å². The van der Waals surface area contributed by atoms with E-state index in [1.165, 1.54) is 17.7 Å². The van der Waals surface area contributed by atoms with E-state index >= 15 is 0 Å². The lowest BCUT2D eigenvalue weighted by Crippen LogP contribution is -2.39. The molecule has 0 aliphatic heterocycles. The van der Waals surface area contributed by atoms with E-state index in [0.717, 1.165) is 12.5 Å². The standard InChI is InChI=1S/C11H16N2OS/c1-7-2-9(3-7)13-5-10-4-8(6-15-10)11(12)14/h4,6-7,9,13H,2-3,5H2,1H3,(H2,12,14). The van der Waals surface area contributed by atoms with Crippen LogP contribution in [0.3, 0.4) is 0 Å². The Balaban J connectivity index is 1.81. The number of hydrogen-bond acceptors (Lipinski definition) is 3. The minimum atomic E-state index is -0.338. The van der Waals surface area contributed by atoms with E-state index in [1.54, 1.807) is 11.3 Å². The number of hydrogen-bond donors (Lipinski definition) is 2. The molecule has 2 rings (SSSR count). The zero-order chi connectivity index (χ0) is 10.8. The van der Waals surface area contributed by atoms with E-state index < -0.39 is 0 Å². The molecule has 1 amide bonds. The van der Waals surface area contributed by atoms with Crippen LogP contribution in [0.1, 0.15) is 35.0 Å². The quantitative estimate of drug-likeness (QED) is 0.818. The molecule has 0 bridgehead atoms. The molecule has 1 aliphatic carbocycles. The lowest BCUT2D eigenvalue weighted by atomic mass is 9.82. The largest absolute Gasteiger partial charge is 0.366 e. The highest BCUT2D eigenvalue weighted by atomic mass is 32.1. The Hall–Kier alpha value is -0.870. The maximum absolute atomic E-state index is 10.9. The summed E-state index contributed by atoms with van der Waals surface area (Å²) in [7, 11) is 0. The van der Waals surface area contributed by atoms with E-state index in [-0.39, 0.29) is 5.91 Å². The number of carbonyl (C=O) groups is 1. The highest BCUT2D eigenvalue weighted by molar-refractivity contribution is 7.10. The molecular formula is C11H16N2OS. The van der Waals surface area contributed by atoms with Crippen molar-refractivity contribution in [1.29, 1.82) is 0 Å². The molecule has 0 aromatic carbocycles. The molecule has 1 saturated carbocycles. The summed E-state index contributed by atoms with van der Waals surface area (Å²) in [5.41, 5.74) is 5.81. The Labute approximate surface area is 93.7 Å². The number of carbonyl (C=O) groups excluding carboxylic acids is 1. The predicted octanol–water partition coefficient (Wildman–Crippen LogP) is 1.74. The zero-order valence-electron chi connectivity index (χ0n) is 8.82. The van der Waals surface area contributed by atoms with Gasteiger partial charge in [-0.15, -0.1) is 11.3 Å². The summed E-state index contributed by atoms with van der Waals surface area (Å²) in [6.07, 6.45) is 2.54. The van der Waals surface area contributed by atoms with Gasteiger partial charge in [0.2, 0.25) is 5.91 Å². The summed E-state index contributed by atoms with van der Waals surface area (Å²) in [5.74, 6) is 0.529. The first-order chi connectivity index (χ1) is 7.15. The van der Waals surface area contributed by atoms with Crippen LogP contribution >= 0.6 is 11.3 Å². The van der Waals surface area contributed by atoms with Gasteiger partial charge in [0, 0.05) is 22.8 Å². The number of rotatable bonds is 4. The molecule has 3 N–H and O–H groups in total. The monoisotopic (exact) mass is 224 g/mol. The average Bonchev–Trinajstić information content (AvgIpc) is 2.59. The van der Waals surface area contributed by atoms with Gasteiger partial charge in [-0.1, -0.05) is 6.92 Å². The van der Waals surface area contributed by atoms with Gasteiger partial charge in [-0.3, -0.25) is 4.79 Å². The second-order valence-electron chi connectivity index (χ2n) is 4.32. The van der Waals surface area contributed by atoms with Gasteiger partial charge in [0.15, 0.2) is 0 Å². The zero-order valence-corrected chi connectivity index (χ0v) is 9.64. The lowest BCUT2D eigenvalue weighted by molar-refractivity contribution is 0.100. The average molecular weight is 224 g/mol. The second kappa shape index (κ2) is 4.33. The van der Waals surface area contributed by atoms with Crippen molar-refractivity contribution in [3.8, 4) is 0 Å². The van der Waals surface area contributed by atoms with Crippen LogP contribution in [0, 0.1) is 5.92 Å². The summed E-state index contributed by atoms with van der Waals surface area (Å²) >= 11 is 1.59. The van der Waals surface area contributed by atoms with Crippen molar-refractivity contribution in [2.75, 3.05) is 0 Å². The summed E-state index contributed by atoms with van der Waals surface area (Å²) < 4.78 is 0. The van der Waals surface area contributed by atoms with Crippen molar-refractivity contribution < 1.29 is 4.79 Å². The maximum atomic E-state index is 10.9. The molecule has 15 heavy (non-hydrogen) atoms. The molecule has 0 radical (unpaired) electrons. The van der Waals surface area contributed by atoms with Gasteiger partial charge in [-0.25, -0.2) is 0 Å². The predicted molar refractivity (Wildman–Crippen MR) is 61.9 cm³/mol. The Morgan fingerprint density at radius 2 is 2.40 bits per heavy atom. The van der Waals surface area contributed by atoms with Crippen LogP contribution in [0.4, 0.5) is 0 Å². The number of nitrogens with two attached hydrogens (primary N) is 1. The van der Waals surface area contributed by atoms with Crippen molar-refractivity contribution in [2.45, 2.75) is 32.4 Å². The van der Waals surface area contributed by atoms with Crippen molar-refractivity contribution in [2.24, 2.45) is 11.7 Å². The van der Waals surface area contributed by atoms with Gasteiger partial charge in [-0.2, -0.15) is 0 Å². The molecule has 1 heterocycles. The third-order valence-corrected chi connectivity index (χ3v) is 3.81. The Morgan fingerprint density at radius 3 is 2.93 bits per heavy atom. The Bertz CT molecular complexity index is 355. The molecule has 1 aromatic heterocycles. The van der Waals surface area contributed by atoms with Crippen LogP contribution in [-0.4, -0.2) is 11.9 Å². The second-order valence-corrected chi connectivity index (χ2v) is 5.32. The summed E-state index contributed by atoms with van der Waals surface area (Å²) in [6.45, 7) is 3.13. The molecule has 0 spiro atoms. The maximum Gasteiger partial charge on any atom is 0.249 e. The van der Waals surface area contributed by atoms with Crippen LogP contribution < -0.4 is 11.1 Å². The van der Waals surface area contributed by atoms with E-state index in [4.69, 9.17) is 5.73 Å². The lowest BCUT2D eigenvalue weighted by Gasteiger charge is -2.33. The van der Waals surface area contributed by atoms with Crippen molar-refractivity contribution in [3.63, 3.8) is 0 Å². The molecule has 0 atom stereocenters. The molecule has 1 aromatic rings. The van der Waals surface area contributed by atoms with Crippen LogP contribution in [0.15, 0.2) is 11.4 Å². The SMILES string of the molecule is CC1CC(NCc2cc(C(N)=O)cs2)C1. The molecule has 4 heteroatoms. The number of primary amides is 1. The van der Waals surface area contributed by atoms with E-state index in [9.17, 15) is 4.79 Å². The number of amides is 1.